The fraction of sp³-hybridized carbons (Fsp3) is 0.423. The van der Waals surface area contributed by atoms with E-state index in [9.17, 15) is 4.79 Å². The van der Waals surface area contributed by atoms with Gasteiger partial charge < -0.3 is 15.5 Å². The first-order chi connectivity index (χ1) is 17.1. The fourth-order valence-corrected chi connectivity index (χ4v) is 6.45. The lowest BCUT2D eigenvalue weighted by Gasteiger charge is -2.26. The van der Waals surface area contributed by atoms with Gasteiger partial charge in [-0.15, -0.1) is 11.3 Å². The normalized spacial score (nSPS) is 16.7. The van der Waals surface area contributed by atoms with Crippen LogP contribution >= 0.6 is 34.5 Å². The number of aromatic nitrogens is 2. The molecule has 1 fully saturated rings. The summed E-state index contributed by atoms with van der Waals surface area (Å²) in [6.45, 7) is 3.07. The number of carbonyl (C=O) groups excluding carboxylic acids is 1. The first-order valence-corrected chi connectivity index (χ1v) is 13.8. The van der Waals surface area contributed by atoms with Crippen molar-refractivity contribution < 1.29 is 4.79 Å². The maximum absolute atomic E-state index is 12.8. The average Bonchev–Trinajstić information content (AvgIpc) is 3.25. The Morgan fingerprint density at radius 3 is 2.86 bits per heavy atom. The number of benzene rings is 1. The molecule has 184 valence electrons. The van der Waals surface area contributed by atoms with Crippen molar-refractivity contribution in [3.05, 3.63) is 57.2 Å². The molecule has 1 aliphatic heterocycles. The number of carbonyl (C=O) groups is 1. The van der Waals surface area contributed by atoms with Crippen LogP contribution in [0.2, 0.25) is 10.0 Å². The molecule has 0 bridgehead atoms. The van der Waals surface area contributed by atoms with Crippen LogP contribution in [0, 0.1) is 5.92 Å². The van der Waals surface area contributed by atoms with Crippen molar-refractivity contribution in [2.24, 2.45) is 5.92 Å². The van der Waals surface area contributed by atoms with Gasteiger partial charge in [0.05, 0.1) is 22.0 Å². The van der Waals surface area contributed by atoms with Crippen LogP contribution < -0.4 is 10.6 Å². The number of rotatable bonds is 7. The van der Waals surface area contributed by atoms with Gasteiger partial charge in [-0.2, -0.15) is 0 Å². The zero-order chi connectivity index (χ0) is 24.2. The molecule has 1 saturated carbocycles. The summed E-state index contributed by atoms with van der Waals surface area (Å²) in [6, 6.07) is 5.42. The van der Waals surface area contributed by atoms with Gasteiger partial charge in [-0.05, 0) is 55.5 Å². The van der Waals surface area contributed by atoms with Crippen LogP contribution in [0.15, 0.2) is 36.7 Å². The van der Waals surface area contributed by atoms with Crippen molar-refractivity contribution in [3.63, 3.8) is 0 Å². The quantitative estimate of drug-likeness (QED) is 0.275. The molecule has 0 radical (unpaired) electrons. The molecule has 1 amide bonds. The molecule has 6 nitrogen and oxygen atoms in total. The van der Waals surface area contributed by atoms with Gasteiger partial charge in [0.2, 0.25) is 5.91 Å². The molecule has 2 aromatic heterocycles. The summed E-state index contributed by atoms with van der Waals surface area (Å²) in [5.74, 6) is 1.60. The van der Waals surface area contributed by atoms with E-state index in [1.165, 1.54) is 42.5 Å². The number of nitrogens with one attached hydrogen (secondary N) is 2. The Morgan fingerprint density at radius 1 is 1.17 bits per heavy atom. The second-order valence-electron chi connectivity index (χ2n) is 9.23. The van der Waals surface area contributed by atoms with Crippen molar-refractivity contribution >= 4 is 62.2 Å². The highest BCUT2D eigenvalue weighted by molar-refractivity contribution is 7.19. The molecule has 0 saturated heterocycles. The third-order valence-corrected chi connectivity index (χ3v) is 8.68. The van der Waals surface area contributed by atoms with E-state index in [1.807, 2.05) is 17.0 Å². The molecule has 5 rings (SSSR count). The van der Waals surface area contributed by atoms with E-state index in [0.29, 0.717) is 23.1 Å². The smallest absolute Gasteiger partial charge is 0.246 e. The summed E-state index contributed by atoms with van der Waals surface area (Å²) < 4.78 is 0. The largest absolute Gasteiger partial charge is 0.340 e. The average molecular weight is 531 g/mol. The minimum atomic E-state index is 0.0628. The number of hydrogen-bond donors (Lipinski definition) is 2. The number of anilines is 2. The van der Waals surface area contributed by atoms with Gasteiger partial charge in [0, 0.05) is 29.7 Å². The van der Waals surface area contributed by atoms with Gasteiger partial charge in [-0.1, -0.05) is 48.5 Å². The van der Waals surface area contributed by atoms with Crippen LogP contribution in [0.3, 0.4) is 0 Å². The van der Waals surface area contributed by atoms with Gasteiger partial charge in [-0.25, -0.2) is 9.97 Å². The number of nitrogens with zero attached hydrogens (tertiary/aromatic N) is 3. The van der Waals surface area contributed by atoms with Gasteiger partial charge in [0.25, 0.3) is 0 Å². The monoisotopic (exact) mass is 529 g/mol. The van der Waals surface area contributed by atoms with Crippen molar-refractivity contribution in [2.75, 3.05) is 25.0 Å². The maximum atomic E-state index is 12.8. The van der Waals surface area contributed by atoms with E-state index in [1.54, 1.807) is 35.9 Å². The third kappa shape index (κ3) is 5.80. The highest BCUT2D eigenvalue weighted by Crippen LogP contribution is 2.38. The lowest BCUT2D eigenvalue weighted by atomic mass is 9.89. The number of amides is 1. The van der Waals surface area contributed by atoms with Crippen LogP contribution in [0.25, 0.3) is 10.2 Å². The molecule has 0 unspecified atom stereocenters. The molecule has 35 heavy (non-hydrogen) atoms. The number of hydrogen-bond acceptors (Lipinski definition) is 6. The molecule has 3 heterocycles. The molecular weight excluding hydrogens is 501 g/mol. The van der Waals surface area contributed by atoms with E-state index in [0.717, 1.165) is 47.2 Å². The molecular formula is C26H29Cl2N5OS. The van der Waals surface area contributed by atoms with Gasteiger partial charge in [0.15, 0.2) is 0 Å². The van der Waals surface area contributed by atoms with Crippen LogP contribution in [0.1, 0.15) is 42.5 Å². The van der Waals surface area contributed by atoms with Crippen LogP contribution in [0.4, 0.5) is 11.5 Å². The third-order valence-electron chi connectivity index (χ3n) is 6.81. The Balaban J connectivity index is 1.22. The van der Waals surface area contributed by atoms with E-state index in [4.69, 9.17) is 23.2 Å². The Morgan fingerprint density at radius 2 is 2.03 bits per heavy atom. The molecule has 2 aliphatic rings. The topological polar surface area (TPSA) is 70.2 Å². The van der Waals surface area contributed by atoms with E-state index in [2.05, 4.69) is 20.6 Å². The molecule has 1 aliphatic carbocycles. The number of halogens is 2. The van der Waals surface area contributed by atoms with Gasteiger partial charge in [0.1, 0.15) is 17.0 Å². The standard InChI is InChI=1S/C26H29Cl2N5OS/c27-20-9-8-18(13-21(20)28)32-25-24-19-10-12-33(15-22(19)35-26(24)31-16-30-25)23(34)7-4-11-29-14-17-5-2-1-3-6-17/h4,7-9,13,16-17,29H,1-3,5-6,10-12,14-15H2,(H,30,31,32). The lowest BCUT2D eigenvalue weighted by molar-refractivity contribution is -0.126. The summed E-state index contributed by atoms with van der Waals surface area (Å²) in [6.07, 6.45) is 12.8. The van der Waals surface area contributed by atoms with E-state index >= 15 is 0 Å². The van der Waals surface area contributed by atoms with Crippen molar-refractivity contribution in [1.82, 2.24) is 20.2 Å². The second kappa shape index (κ2) is 11.2. The first kappa shape index (κ1) is 24.5. The fourth-order valence-electron chi connectivity index (χ4n) is 4.95. The summed E-state index contributed by atoms with van der Waals surface area (Å²) in [4.78, 5) is 25.8. The Kier molecular flexibility index (Phi) is 7.88. The molecule has 2 N–H and O–H groups in total. The van der Waals surface area contributed by atoms with Crippen LogP contribution in [-0.4, -0.2) is 40.4 Å². The Bertz CT molecular complexity index is 1240. The van der Waals surface area contributed by atoms with E-state index in [-0.39, 0.29) is 5.91 Å². The van der Waals surface area contributed by atoms with Crippen molar-refractivity contribution in [1.29, 1.82) is 0 Å². The van der Waals surface area contributed by atoms with Crippen LogP contribution in [0.5, 0.6) is 0 Å². The highest BCUT2D eigenvalue weighted by Gasteiger charge is 2.25. The summed E-state index contributed by atoms with van der Waals surface area (Å²) in [5.41, 5.74) is 2.03. The first-order valence-electron chi connectivity index (χ1n) is 12.2. The van der Waals surface area contributed by atoms with Gasteiger partial charge in [-0.3, -0.25) is 4.79 Å². The SMILES string of the molecule is O=C(C=CCNCC1CCCCC1)N1CCc2c(sc3ncnc(Nc4ccc(Cl)c(Cl)c4)c23)C1. The maximum Gasteiger partial charge on any atom is 0.246 e. The van der Waals surface area contributed by atoms with Crippen molar-refractivity contribution in [3.8, 4) is 0 Å². The Labute approximate surface area is 219 Å². The van der Waals surface area contributed by atoms with E-state index < -0.39 is 0 Å². The Hall–Kier alpha value is -2.19. The zero-order valence-corrected chi connectivity index (χ0v) is 21.9. The van der Waals surface area contributed by atoms with Crippen LogP contribution in [-0.2, 0) is 17.8 Å². The molecule has 0 spiro atoms. The predicted molar refractivity (Wildman–Crippen MR) is 145 cm³/mol. The zero-order valence-electron chi connectivity index (χ0n) is 19.5. The molecule has 3 aromatic rings. The predicted octanol–water partition coefficient (Wildman–Crippen LogP) is 6.35. The second-order valence-corrected chi connectivity index (χ2v) is 11.1. The number of fused-ring (bicyclic) bond motifs is 3. The number of thiophene rings is 1. The van der Waals surface area contributed by atoms with Crippen molar-refractivity contribution in [2.45, 2.75) is 45.1 Å². The summed E-state index contributed by atoms with van der Waals surface area (Å²) >= 11 is 13.9. The molecule has 9 heteroatoms. The van der Waals surface area contributed by atoms with Gasteiger partial charge >= 0.3 is 0 Å². The lowest BCUT2D eigenvalue weighted by Crippen LogP contribution is -2.34. The molecule has 1 aromatic carbocycles. The highest BCUT2D eigenvalue weighted by atomic mass is 35.5. The molecule has 0 atom stereocenters. The minimum absolute atomic E-state index is 0.0628. The minimum Gasteiger partial charge on any atom is -0.340 e. The summed E-state index contributed by atoms with van der Waals surface area (Å²) in [5, 5.41) is 8.87. The summed E-state index contributed by atoms with van der Waals surface area (Å²) in [7, 11) is 0.